The molecule has 8 aliphatic heterocycles. The number of quaternary nitrogens is 2. The molecule has 0 radical (unpaired) electrons. The number of hydrogen-bond donors (Lipinski definition) is 0. The lowest BCUT2D eigenvalue weighted by Gasteiger charge is -2.30. The Hall–Kier alpha value is -0.900. The molecule has 328 valence electrons. The predicted octanol–water partition coefficient (Wildman–Crippen LogP) is 6.83. The number of unbranched alkanes of at least 4 members (excludes halogenated alkanes) is 13. The first-order valence-electron chi connectivity index (χ1n) is 22.5. The summed E-state index contributed by atoms with van der Waals surface area (Å²) in [6, 6.07) is 0. The van der Waals surface area contributed by atoms with E-state index in [9.17, 15) is 0 Å². The number of ether oxygens (including phenoxy) is 9. The highest BCUT2D eigenvalue weighted by atomic mass is 16.8. The normalized spacial score (nSPS) is 29.9. The van der Waals surface area contributed by atoms with E-state index in [1.165, 1.54) is 116 Å². The van der Waals surface area contributed by atoms with E-state index in [2.05, 4.69) is 53.5 Å². The zero-order valence-corrected chi connectivity index (χ0v) is 36.5. The Bertz CT molecular complexity index is 921. The largest absolute Gasteiger partial charge is 0.471 e. The minimum atomic E-state index is 0.0301. The highest BCUT2D eigenvalue weighted by molar-refractivity contribution is 4.88. The summed E-state index contributed by atoms with van der Waals surface area (Å²) in [5.41, 5.74) is 0. The van der Waals surface area contributed by atoms with Crippen molar-refractivity contribution in [3.8, 4) is 0 Å². The highest BCUT2D eigenvalue weighted by Crippen LogP contribution is 2.28. The molecule has 0 aromatic heterocycles. The van der Waals surface area contributed by atoms with E-state index in [1.54, 1.807) is 0 Å². The molecular weight excluding hydrogens is 716 g/mol. The zero-order valence-electron chi connectivity index (χ0n) is 36.5. The smallest absolute Gasteiger partial charge is 0.222 e. The molecule has 0 amide bonds. The summed E-state index contributed by atoms with van der Waals surface area (Å²) in [6.07, 6.45) is 27.2. The minimum Gasteiger partial charge on any atom is -0.471 e. The van der Waals surface area contributed by atoms with Crippen molar-refractivity contribution in [2.24, 2.45) is 5.92 Å². The van der Waals surface area contributed by atoms with Gasteiger partial charge in [-0.1, -0.05) is 103 Å². The van der Waals surface area contributed by atoms with Crippen LogP contribution in [0.2, 0.25) is 0 Å². The van der Waals surface area contributed by atoms with Gasteiger partial charge in [-0.15, -0.1) is 0 Å². The molecule has 0 bridgehead atoms. The molecule has 9 atom stereocenters. The van der Waals surface area contributed by atoms with Crippen molar-refractivity contribution in [1.29, 1.82) is 0 Å². The summed E-state index contributed by atoms with van der Waals surface area (Å²) in [4.78, 5) is 6.33. The Kier molecular flexibility index (Phi) is 22.5. The van der Waals surface area contributed by atoms with Gasteiger partial charge < -0.3 is 47.1 Å². The van der Waals surface area contributed by atoms with Crippen LogP contribution in [0, 0.1) is 5.92 Å². The maximum Gasteiger partial charge on any atom is 0.222 e. The fraction of sp³-hybridized carbons (Fsp3) is 0.955. The van der Waals surface area contributed by atoms with E-state index >= 15 is 0 Å². The van der Waals surface area contributed by atoms with Crippen LogP contribution in [0.25, 0.3) is 0 Å². The first-order chi connectivity index (χ1) is 27.1. The van der Waals surface area contributed by atoms with Gasteiger partial charge >= 0.3 is 0 Å². The first kappa shape index (κ1) is 47.8. The average molecular weight is 801 g/mol. The third-order valence-electron chi connectivity index (χ3n) is 10.9. The molecule has 12 heteroatoms. The average Bonchev–Trinajstić information content (AvgIpc) is 3.93. The van der Waals surface area contributed by atoms with Crippen LogP contribution in [0.5, 0.6) is 0 Å². The Morgan fingerprint density at radius 3 is 1.18 bits per heavy atom. The molecule has 8 aliphatic rings. The van der Waals surface area contributed by atoms with Crippen LogP contribution >= 0.6 is 0 Å². The number of rotatable bonds is 28. The molecule has 0 saturated carbocycles. The maximum atomic E-state index is 6.33. The van der Waals surface area contributed by atoms with Gasteiger partial charge in [-0.3, -0.25) is 0 Å². The quantitative estimate of drug-likeness (QED) is 0.0274. The van der Waals surface area contributed by atoms with Gasteiger partial charge in [-0.2, -0.15) is 4.65 Å². The van der Waals surface area contributed by atoms with Gasteiger partial charge in [-0.05, 0) is 6.42 Å². The maximum absolute atomic E-state index is 6.33. The molecule has 8 rings (SSSR count). The second kappa shape index (κ2) is 26.3. The summed E-state index contributed by atoms with van der Waals surface area (Å²) < 4.78 is 46.1. The molecule has 8 saturated heterocycles. The van der Waals surface area contributed by atoms with Crippen molar-refractivity contribution in [3.05, 3.63) is 12.8 Å². The molecule has 8 fully saturated rings. The molecule has 9 unspecified atom stereocenters. The van der Waals surface area contributed by atoms with Crippen LogP contribution in [-0.4, -0.2) is 166 Å². The summed E-state index contributed by atoms with van der Waals surface area (Å²) >= 11 is 0. The van der Waals surface area contributed by atoms with E-state index in [1.807, 2.05) is 0 Å². The van der Waals surface area contributed by atoms with E-state index in [0.29, 0.717) is 53.3 Å². The lowest BCUT2D eigenvalue weighted by molar-refractivity contribution is -1.08. The predicted molar refractivity (Wildman–Crippen MR) is 218 cm³/mol. The first-order valence-corrected chi connectivity index (χ1v) is 22.5. The molecule has 0 aliphatic carbocycles. The molecule has 0 aromatic carbocycles. The van der Waals surface area contributed by atoms with Gasteiger partial charge in [0.25, 0.3) is 0 Å². The zero-order chi connectivity index (χ0) is 40.1. The SMILES string of the molecule is C1OC1C1CO1.C1OC1C1CO1.C1OC1C1CO1.C=COC1CO1.CCCCCCCCCCCCCCCCC(CO[N+](C)(C)CCC[N+](C)(C)C)C1CO1. The van der Waals surface area contributed by atoms with Gasteiger partial charge in [0, 0.05) is 12.3 Å². The third-order valence-corrected chi connectivity index (χ3v) is 10.9. The van der Waals surface area contributed by atoms with Gasteiger partial charge in [0.1, 0.15) is 56.4 Å². The van der Waals surface area contributed by atoms with Crippen LogP contribution in [-0.2, 0) is 47.5 Å². The van der Waals surface area contributed by atoms with E-state index in [-0.39, 0.29) is 6.29 Å². The molecule has 0 aromatic rings. The van der Waals surface area contributed by atoms with E-state index in [4.69, 9.17) is 42.7 Å². The van der Waals surface area contributed by atoms with Crippen molar-refractivity contribution in [2.75, 3.05) is 108 Å². The molecule has 12 nitrogen and oxygen atoms in total. The van der Waals surface area contributed by atoms with Crippen LogP contribution in [0.3, 0.4) is 0 Å². The highest BCUT2D eigenvalue weighted by Gasteiger charge is 2.43. The van der Waals surface area contributed by atoms with Gasteiger partial charge in [0.05, 0.1) is 100 Å². The van der Waals surface area contributed by atoms with Crippen LogP contribution in [0.1, 0.15) is 110 Å². The molecular formula is C44H84N2O10+2. The Labute approximate surface area is 341 Å². The van der Waals surface area contributed by atoms with Crippen molar-refractivity contribution >= 4 is 0 Å². The number of nitrogens with zero attached hydrogens (tertiary/aromatic N) is 2. The van der Waals surface area contributed by atoms with Crippen LogP contribution in [0.15, 0.2) is 12.8 Å². The van der Waals surface area contributed by atoms with E-state index in [0.717, 1.165) is 70.5 Å². The van der Waals surface area contributed by atoms with Gasteiger partial charge in [0.2, 0.25) is 6.29 Å². The summed E-state index contributed by atoms with van der Waals surface area (Å²) in [6.45, 7) is 16.0. The van der Waals surface area contributed by atoms with Gasteiger partial charge in [-0.25, -0.2) is 4.84 Å². The molecule has 0 N–H and O–H groups in total. The third kappa shape index (κ3) is 27.7. The van der Waals surface area contributed by atoms with E-state index < -0.39 is 0 Å². The van der Waals surface area contributed by atoms with Crippen LogP contribution < -0.4 is 0 Å². The Morgan fingerprint density at radius 1 is 0.518 bits per heavy atom. The van der Waals surface area contributed by atoms with Gasteiger partial charge in [0.15, 0.2) is 0 Å². The van der Waals surface area contributed by atoms with Crippen LogP contribution in [0.4, 0.5) is 0 Å². The monoisotopic (exact) mass is 801 g/mol. The summed E-state index contributed by atoms with van der Waals surface area (Å²) in [5, 5.41) is 0. The summed E-state index contributed by atoms with van der Waals surface area (Å²) in [5.74, 6) is 0.586. The lowest BCUT2D eigenvalue weighted by atomic mass is 9.98. The van der Waals surface area contributed by atoms with Crippen molar-refractivity contribution in [2.45, 2.75) is 159 Å². The number of hydrogen-bond acceptors (Lipinski definition) is 10. The van der Waals surface area contributed by atoms with Crippen molar-refractivity contribution in [1.82, 2.24) is 0 Å². The lowest BCUT2D eigenvalue weighted by Crippen LogP contribution is -2.44. The fourth-order valence-electron chi connectivity index (χ4n) is 6.44. The Balaban J connectivity index is 0.000000221. The number of epoxide rings is 8. The van der Waals surface area contributed by atoms with Crippen molar-refractivity contribution < 1.29 is 56.6 Å². The second-order valence-corrected chi connectivity index (χ2v) is 18.3. The molecule has 0 spiro atoms. The standard InChI is InChI=1S/C28H60N2O2.4C4H6O2/c1-7-8-9-10-11-12-13-14-15-16-17-18-19-20-22-27(28-26-31-28)25-32-30(5,6)24-21-23-29(2,3)4;3*1-3(5-1)4-2-6-4;1-2-5-4-3-6-4/h27-28H,7-26H2,1-6H3;3*3-4H,1-2H2;2,4H,1,3H2/q+2;;;;. The van der Waals surface area contributed by atoms with Crippen molar-refractivity contribution in [3.63, 3.8) is 0 Å². The summed E-state index contributed by atoms with van der Waals surface area (Å²) in [7, 11) is 11.2. The number of hydroxylamine groups is 3. The minimum absolute atomic E-state index is 0.0301. The fourth-order valence-corrected chi connectivity index (χ4v) is 6.44. The Morgan fingerprint density at radius 2 is 0.893 bits per heavy atom. The molecule has 8 heterocycles. The topological polar surface area (TPSA) is 119 Å². The molecule has 56 heavy (non-hydrogen) atoms. The second-order valence-electron chi connectivity index (χ2n) is 18.3.